The second-order valence-corrected chi connectivity index (χ2v) is 13.7. The summed E-state index contributed by atoms with van der Waals surface area (Å²) in [7, 11) is 0. The summed E-state index contributed by atoms with van der Waals surface area (Å²) in [6, 6.07) is 11.7. The first-order valence-corrected chi connectivity index (χ1v) is 15.1. The lowest BCUT2D eigenvalue weighted by molar-refractivity contribution is -0.141. The zero-order chi connectivity index (χ0) is 25.4. The minimum absolute atomic E-state index is 0.0474. The van der Waals surface area contributed by atoms with Gasteiger partial charge in [-0.25, -0.2) is 0 Å². The molecule has 7 nitrogen and oxygen atoms in total. The first kappa shape index (κ1) is 23.4. The molecule has 2 bridgehead atoms. The first-order chi connectivity index (χ1) is 17.9. The number of carbonyl (C=O) groups is 3. The van der Waals surface area contributed by atoms with Crippen LogP contribution in [0.1, 0.15) is 34.1 Å². The van der Waals surface area contributed by atoms with Crippen molar-refractivity contribution in [1.82, 2.24) is 9.88 Å². The largest absolute Gasteiger partial charge is 0.326 e. The Balaban J connectivity index is 1.12. The van der Waals surface area contributed by atoms with E-state index < -0.39 is 0 Å². The van der Waals surface area contributed by atoms with Gasteiger partial charge in [-0.15, -0.1) is 23.1 Å². The molecule has 0 spiro atoms. The lowest BCUT2D eigenvalue weighted by Gasteiger charge is -2.42. The zero-order valence-electron chi connectivity index (χ0n) is 20.0. The Morgan fingerprint density at radius 1 is 1.08 bits per heavy atom. The minimum Gasteiger partial charge on any atom is -0.326 e. The Labute approximate surface area is 225 Å². The number of imide groups is 1. The first-order valence-electron chi connectivity index (χ1n) is 12.6. The predicted octanol–water partition coefficient (Wildman–Crippen LogP) is 4.31. The normalized spacial score (nSPS) is 31.4. The fourth-order valence-corrected chi connectivity index (χ4v) is 11.0. The number of hydrogen-bond acceptors (Lipinski definition) is 7. The molecule has 2 aliphatic carbocycles. The molecule has 3 fully saturated rings. The standard InChI is InChI=1S/C27H25N3O4S3/c1-12-4-6-13(7-5-12)28-17(31)8-9-30-25(32)19-14-11-15(20(19)26(30)33)22-18(14)21(16-3-2-10-35-16)23-24(36-22)29-27(34)37-23/h2-7,10,14-15,18-22H,8-9,11H2,1H3,(H,28,31)(H,29,34). The number of thiazole rings is 1. The van der Waals surface area contributed by atoms with Gasteiger partial charge in [-0.3, -0.25) is 24.1 Å². The van der Waals surface area contributed by atoms with Crippen molar-refractivity contribution in [2.24, 2.45) is 29.6 Å². The molecule has 2 saturated carbocycles. The molecular weight excluding hydrogens is 527 g/mol. The van der Waals surface area contributed by atoms with Crippen LogP contribution < -0.4 is 10.2 Å². The summed E-state index contributed by atoms with van der Waals surface area (Å²) in [5.74, 6) is -0.580. The summed E-state index contributed by atoms with van der Waals surface area (Å²) in [6.07, 6.45) is 0.954. The molecule has 7 atom stereocenters. The number of rotatable bonds is 5. The van der Waals surface area contributed by atoms with Gasteiger partial charge in [0, 0.05) is 39.6 Å². The summed E-state index contributed by atoms with van der Waals surface area (Å²) in [6.45, 7) is 2.09. The maximum atomic E-state index is 13.6. The summed E-state index contributed by atoms with van der Waals surface area (Å²) < 4.78 is 0. The number of aromatic nitrogens is 1. The highest BCUT2D eigenvalue weighted by Crippen LogP contribution is 2.68. The van der Waals surface area contributed by atoms with Crippen molar-refractivity contribution in [2.75, 3.05) is 11.9 Å². The molecule has 3 amide bonds. The van der Waals surface area contributed by atoms with Crippen LogP contribution in [0.3, 0.4) is 0 Å². The van der Waals surface area contributed by atoms with Crippen LogP contribution in [0, 0.1) is 36.5 Å². The average molecular weight is 552 g/mol. The van der Waals surface area contributed by atoms with Gasteiger partial charge in [-0.1, -0.05) is 35.1 Å². The highest BCUT2D eigenvalue weighted by Gasteiger charge is 2.69. The molecule has 4 heterocycles. The van der Waals surface area contributed by atoms with Gasteiger partial charge in [0.2, 0.25) is 17.7 Å². The Hall–Kier alpha value is -2.69. The number of amides is 3. The van der Waals surface area contributed by atoms with Crippen LogP contribution in [0.5, 0.6) is 0 Å². The van der Waals surface area contributed by atoms with Gasteiger partial charge in [0.1, 0.15) is 0 Å². The molecule has 1 aromatic carbocycles. The number of anilines is 1. The van der Waals surface area contributed by atoms with Crippen LogP contribution in [0.25, 0.3) is 0 Å². The van der Waals surface area contributed by atoms with Crippen molar-refractivity contribution < 1.29 is 14.4 Å². The Kier molecular flexibility index (Phi) is 5.49. The predicted molar refractivity (Wildman–Crippen MR) is 144 cm³/mol. The van der Waals surface area contributed by atoms with Crippen LogP contribution in [0.4, 0.5) is 5.69 Å². The monoisotopic (exact) mass is 551 g/mol. The fourth-order valence-electron chi connectivity index (χ4n) is 7.16. The Morgan fingerprint density at radius 2 is 1.84 bits per heavy atom. The third-order valence-electron chi connectivity index (χ3n) is 8.56. The third kappa shape index (κ3) is 3.59. The quantitative estimate of drug-likeness (QED) is 0.461. The molecule has 190 valence electrons. The van der Waals surface area contributed by atoms with Crippen LogP contribution in [-0.2, 0) is 14.4 Å². The molecule has 7 rings (SSSR count). The molecule has 3 aromatic rings. The minimum atomic E-state index is -0.320. The number of thioether (sulfide) groups is 1. The van der Waals surface area contributed by atoms with Crippen molar-refractivity contribution in [3.8, 4) is 0 Å². The van der Waals surface area contributed by atoms with Gasteiger partial charge < -0.3 is 10.3 Å². The number of carbonyl (C=O) groups excluding carboxylic acids is 3. The number of nitrogens with zero attached hydrogens (tertiary/aromatic N) is 1. The molecule has 1 saturated heterocycles. The average Bonchev–Trinajstić information content (AvgIpc) is 3.68. The number of aromatic amines is 1. The number of thiophene rings is 1. The second kappa shape index (κ2) is 8.68. The molecule has 7 unspecified atom stereocenters. The maximum Gasteiger partial charge on any atom is 0.305 e. The molecule has 37 heavy (non-hydrogen) atoms. The third-order valence-corrected chi connectivity index (χ3v) is 12.1. The number of hydrogen-bond donors (Lipinski definition) is 2. The van der Waals surface area contributed by atoms with Crippen LogP contribution in [0.2, 0.25) is 0 Å². The lowest BCUT2D eigenvalue weighted by Crippen LogP contribution is -2.42. The molecule has 2 aromatic heterocycles. The smallest absolute Gasteiger partial charge is 0.305 e. The number of likely N-dealkylation sites (tertiary alicyclic amines) is 1. The van der Waals surface area contributed by atoms with E-state index in [1.54, 1.807) is 23.1 Å². The maximum absolute atomic E-state index is 13.6. The summed E-state index contributed by atoms with van der Waals surface area (Å²) in [5, 5.41) is 6.04. The molecular formula is C27H25N3O4S3. The number of H-pyrrole nitrogens is 1. The van der Waals surface area contributed by atoms with Gasteiger partial charge in [0.25, 0.3) is 0 Å². The van der Waals surface area contributed by atoms with Crippen molar-refractivity contribution in [1.29, 1.82) is 0 Å². The fraction of sp³-hybridized carbons (Fsp3) is 0.407. The highest BCUT2D eigenvalue weighted by molar-refractivity contribution is 8.00. The van der Waals surface area contributed by atoms with Gasteiger partial charge >= 0.3 is 4.87 Å². The van der Waals surface area contributed by atoms with E-state index >= 15 is 0 Å². The van der Waals surface area contributed by atoms with E-state index in [9.17, 15) is 19.2 Å². The zero-order valence-corrected chi connectivity index (χ0v) is 22.5. The number of fused-ring (bicyclic) bond motifs is 9. The van der Waals surface area contributed by atoms with Gasteiger partial charge in [-0.05, 0) is 54.7 Å². The Morgan fingerprint density at radius 3 is 2.57 bits per heavy atom. The van der Waals surface area contributed by atoms with E-state index in [0.717, 1.165) is 21.9 Å². The lowest BCUT2D eigenvalue weighted by atomic mass is 9.69. The molecule has 2 aliphatic heterocycles. The summed E-state index contributed by atoms with van der Waals surface area (Å²) in [5.41, 5.74) is 1.81. The van der Waals surface area contributed by atoms with E-state index in [4.69, 9.17) is 0 Å². The summed E-state index contributed by atoms with van der Waals surface area (Å²) >= 11 is 4.67. The van der Waals surface area contributed by atoms with Crippen molar-refractivity contribution in [3.63, 3.8) is 0 Å². The van der Waals surface area contributed by atoms with Crippen LogP contribution in [0.15, 0.2) is 51.6 Å². The van der Waals surface area contributed by atoms with E-state index in [1.165, 1.54) is 21.1 Å². The topological polar surface area (TPSA) is 99.3 Å². The number of nitrogens with one attached hydrogen (secondary N) is 2. The SMILES string of the molecule is Cc1ccc(NC(=O)CCN2C(=O)C3C4CC(C3C2=O)C2C(c3cccs3)c3sc(=O)[nH]c3SC42)cc1. The molecule has 0 radical (unpaired) electrons. The van der Waals surface area contributed by atoms with Crippen molar-refractivity contribution in [2.45, 2.75) is 36.0 Å². The Bertz CT molecular complexity index is 1460. The van der Waals surface area contributed by atoms with Crippen molar-refractivity contribution >= 4 is 57.8 Å². The number of benzene rings is 1. The van der Waals surface area contributed by atoms with Gasteiger partial charge in [0.05, 0.1) is 16.9 Å². The molecule has 4 aliphatic rings. The molecule has 2 N–H and O–H groups in total. The van der Waals surface area contributed by atoms with Crippen LogP contribution >= 0.6 is 34.4 Å². The van der Waals surface area contributed by atoms with Crippen LogP contribution in [-0.4, -0.2) is 39.4 Å². The van der Waals surface area contributed by atoms with E-state index in [-0.39, 0.29) is 76.3 Å². The number of aryl methyl sites for hydroxylation is 1. The van der Waals surface area contributed by atoms with E-state index in [2.05, 4.69) is 21.7 Å². The van der Waals surface area contributed by atoms with Gasteiger partial charge in [-0.2, -0.15) is 0 Å². The van der Waals surface area contributed by atoms with E-state index in [0.29, 0.717) is 5.69 Å². The second-order valence-electron chi connectivity index (χ2n) is 10.5. The van der Waals surface area contributed by atoms with E-state index in [1.807, 2.05) is 37.3 Å². The van der Waals surface area contributed by atoms with Crippen molar-refractivity contribution in [3.05, 3.63) is 66.8 Å². The summed E-state index contributed by atoms with van der Waals surface area (Å²) in [4.78, 5) is 58.6. The molecule has 10 heteroatoms. The van der Waals surface area contributed by atoms with Gasteiger partial charge in [0.15, 0.2) is 0 Å². The highest BCUT2D eigenvalue weighted by atomic mass is 32.2.